The largest absolute Gasteiger partial charge is 0.340 e. The number of nitrogens with one attached hydrogen (secondary N) is 1. The predicted molar refractivity (Wildman–Crippen MR) is 91.4 cm³/mol. The van der Waals surface area contributed by atoms with Gasteiger partial charge in [0.2, 0.25) is 5.95 Å². The third-order valence-corrected chi connectivity index (χ3v) is 4.37. The molecule has 1 aromatic rings. The summed E-state index contributed by atoms with van der Waals surface area (Å²) in [5.74, 6) is 2.29. The molecular formula is C16H30N4S. The van der Waals surface area contributed by atoms with Crippen molar-refractivity contribution in [2.75, 3.05) is 18.0 Å². The van der Waals surface area contributed by atoms with Crippen LogP contribution < -0.4 is 4.90 Å². The number of anilines is 1. The van der Waals surface area contributed by atoms with Crippen LogP contribution in [-0.2, 0) is 0 Å². The second kappa shape index (κ2) is 7.43. The average molecular weight is 311 g/mol. The van der Waals surface area contributed by atoms with E-state index in [1.807, 2.05) is 0 Å². The highest BCUT2D eigenvalue weighted by molar-refractivity contribution is 7.71. The van der Waals surface area contributed by atoms with Gasteiger partial charge in [0, 0.05) is 19.1 Å². The number of aromatic amines is 1. The first kappa shape index (κ1) is 16.5. The molecule has 0 atom stereocenters. The summed E-state index contributed by atoms with van der Waals surface area (Å²) < 4.78 is 3.08. The summed E-state index contributed by atoms with van der Waals surface area (Å²) in [6.07, 6.45) is 6.45. The van der Waals surface area contributed by atoms with E-state index in [1.54, 1.807) is 0 Å². The molecule has 1 aliphatic carbocycles. The van der Waals surface area contributed by atoms with Crippen LogP contribution in [0.5, 0.6) is 0 Å². The van der Waals surface area contributed by atoms with E-state index in [0.717, 1.165) is 23.8 Å². The molecular weight excluding hydrogens is 280 g/mol. The van der Waals surface area contributed by atoms with Gasteiger partial charge in [0.15, 0.2) is 4.77 Å². The summed E-state index contributed by atoms with van der Waals surface area (Å²) in [6, 6.07) is 0.529. The van der Waals surface area contributed by atoms with Crippen molar-refractivity contribution in [1.82, 2.24) is 14.8 Å². The lowest BCUT2D eigenvalue weighted by atomic mass is 9.95. The smallest absolute Gasteiger partial charge is 0.225 e. The molecule has 1 heterocycles. The van der Waals surface area contributed by atoms with Crippen molar-refractivity contribution in [2.24, 2.45) is 11.8 Å². The highest BCUT2D eigenvalue weighted by atomic mass is 32.1. The normalized spacial score (nSPS) is 16.9. The lowest BCUT2D eigenvalue weighted by Crippen LogP contribution is -2.34. The van der Waals surface area contributed by atoms with Crippen LogP contribution >= 0.6 is 12.2 Å². The van der Waals surface area contributed by atoms with Gasteiger partial charge in [-0.25, -0.2) is 5.10 Å². The van der Waals surface area contributed by atoms with Crippen molar-refractivity contribution in [3.05, 3.63) is 4.77 Å². The lowest BCUT2D eigenvalue weighted by molar-refractivity contribution is 0.348. The Morgan fingerprint density at radius 1 is 1.14 bits per heavy atom. The van der Waals surface area contributed by atoms with E-state index in [-0.39, 0.29) is 0 Å². The molecule has 0 bridgehead atoms. The maximum atomic E-state index is 5.52. The van der Waals surface area contributed by atoms with Gasteiger partial charge in [-0.2, -0.15) is 0 Å². The molecule has 1 fully saturated rings. The highest BCUT2D eigenvalue weighted by Crippen LogP contribution is 2.31. The molecule has 0 aromatic carbocycles. The molecule has 0 unspecified atom stereocenters. The summed E-state index contributed by atoms with van der Waals surface area (Å²) in [5.41, 5.74) is 0. The Morgan fingerprint density at radius 2 is 1.71 bits per heavy atom. The Labute approximate surface area is 133 Å². The molecule has 2 rings (SSSR count). The maximum absolute atomic E-state index is 5.52. The fourth-order valence-electron chi connectivity index (χ4n) is 3.31. The first-order chi connectivity index (χ1) is 9.99. The van der Waals surface area contributed by atoms with Crippen LogP contribution in [0.1, 0.15) is 65.8 Å². The minimum absolute atomic E-state index is 0.529. The van der Waals surface area contributed by atoms with Gasteiger partial charge in [-0.05, 0) is 36.9 Å². The van der Waals surface area contributed by atoms with Crippen LogP contribution in [0, 0.1) is 16.6 Å². The van der Waals surface area contributed by atoms with Gasteiger partial charge in [0.25, 0.3) is 0 Å². The topological polar surface area (TPSA) is 36.9 Å². The SMILES string of the molecule is CC(C)CN(CC(C)C)c1n[nH]c(=S)n1C1CCCCC1. The molecule has 0 radical (unpaired) electrons. The van der Waals surface area contributed by atoms with E-state index < -0.39 is 0 Å². The summed E-state index contributed by atoms with van der Waals surface area (Å²) in [5, 5.41) is 7.60. The Balaban J connectivity index is 2.29. The first-order valence-corrected chi connectivity index (χ1v) is 8.81. The molecule has 0 saturated heterocycles. The summed E-state index contributed by atoms with van der Waals surface area (Å²) in [4.78, 5) is 2.41. The third kappa shape index (κ3) is 4.31. The molecule has 0 aliphatic heterocycles. The van der Waals surface area contributed by atoms with Crippen LogP contribution in [0.3, 0.4) is 0 Å². The number of H-pyrrole nitrogens is 1. The van der Waals surface area contributed by atoms with Gasteiger partial charge in [0.05, 0.1) is 0 Å². The van der Waals surface area contributed by atoms with Gasteiger partial charge in [-0.15, -0.1) is 5.10 Å². The summed E-state index contributed by atoms with van der Waals surface area (Å²) in [6.45, 7) is 11.1. The molecule has 21 heavy (non-hydrogen) atoms. The quantitative estimate of drug-likeness (QED) is 0.782. The van der Waals surface area contributed by atoms with Crippen LogP contribution in [0.15, 0.2) is 0 Å². The Hall–Kier alpha value is -0.840. The molecule has 1 aromatic heterocycles. The Morgan fingerprint density at radius 3 is 2.24 bits per heavy atom. The number of nitrogens with zero attached hydrogens (tertiary/aromatic N) is 3. The molecule has 120 valence electrons. The number of hydrogen-bond donors (Lipinski definition) is 1. The van der Waals surface area contributed by atoms with Crippen molar-refractivity contribution >= 4 is 18.2 Å². The number of aromatic nitrogens is 3. The van der Waals surface area contributed by atoms with Gasteiger partial charge in [-0.1, -0.05) is 47.0 Å². The van der Waals surface area contributed by atoms with Crippen LogP contribution in [0.4, 0.5) is 5.95 Å². The lowest BCUT2D eigenvalue weighted by Gasteiger charge is -2.31. The molecule has 1 saturated carbocycles. The molecule has 1 N–H and O–H groups in total. The third-order valence-electron chi connectivity index (χ3n) is 4.08. The zero-order valence-electron chi connectivity index (χ0n) is 13.9. The summed E-state index contributed by atoms with van der Waals surface area (Å²) >= 11 is 5.52. The van der Waals surface area contributed by atoms with Crippen molar-refractivity contribution in [3.8, 4) is 0 Å². The number of rotatable bonds is 6. The average Bonchev–Trinajstić information content (AvgIpc) is 2.80. The standard InChI is InChI=1S/C16H30N4S/c1-12(2)10-19(11-13(3)4)15-17-18-16(21)20(15)14-8-6-5-7-9-14/h12-14H,5-11H2,1-4H3,(H,18,21). The Bertz CT molecular complexity index is 473. The van der Waals surface area contributed by atoms with Gasteiger partial charge in [0.1, 0.15) is 0 Å². The molecule has 1 aliphatic rings. The van der Waals surface area contributed by atoms with Gasteiger partial charge >= 0.3 is 0 Å². The van der Waals surface area contributed by atoms with E-state index in [0.29, 0.717) is 17.9 Å². The van der Waals surface area contributed by atoms with E-state index in [2.05, 4.69) is 47.4 Å². The van der Waals surface area contributed by atoms with Crippen molar-refractivity contribution in [3.63, 3.8) is 0 Å². The van der Waals surface area contributed by atoms with E-state index in [9.17, 15) is 0 Å². The van der Waals surface area contributed by atoms with Crippen LogP contribution in [0.2, 0.25) is 0 Å². The molecule has 0 spiro atoms. The molecule has 4 nitrogen and oxygen atoms in total. The van der Waals surface area contributed by atoms with Crippen molar-refractivity contribution in [2.45, 2.75) is 65.8 Å². The highest BCUT2D eigenvalue weighted by Gasteiger charge is 2.23. The van der Waals surface area contributed by atoms with Crippen LogP contribution in [-0.4, -0.2) is 27.9 Å². The van der Waals surface area contributed by atoms with E-state index >= 15 is 0 Å². The fourth-order valence-corrected chi connectivity index (χ4v) is 3.58. The second-order valence-electron chi connectivity index (χ2n) is 7.18. The minimum Gasteiger partial charge on any atom is -0.340 e. The van der Waals surface area contributed by atoms with Gasteiger partial charge < -0.3 is 4.90 Å². The molecule has 0 amide bonds. The monoisotopic (exact) mass is 310 g/mol. The van der Waals surface area contributed by atoms with Crippen molar-refractivity contribution < 1.29 is 0 Å². The minimum atomic E-state index is 0.529. The van der Waals surface area contributed by atoms with Gasteiger partial charge in [-0.3, -0.25) is 4.57 Å². The van der Waals surface area contributed by atoms with E-state index in [1.165, 1.54) is 32.1 Å². The zero-order chi connectivity index (χ0) is 15.4. The fraction of sp³-hybridized carbons (Fsp3) is 0.875. The number of hydrogen-bond acceptors (Lipinski definition) is 3. The zero-order valence-corrected chi connectivity index (χ0v) is 14.7. The first-order valence-electron chi connectivity index (χ1n) is 8.41. The van der Waals surface area contributed by atoms with Crippen LogP contribution in [0.25, 0.3) is 0 Å². The summed E-state index contributed by atoms with van der Waals surface area (Å²) in [7, 11) is 0. The Kier molecular flexibility index (Phi) is 5.85. The second-order valence-corrected chi connectivity index (χ2v) is 7.57. The molecule has 5 heteroatoms. The van der Waals surface area contributed by atoms with E-state index in [4.69, 9.17) is 12.2 Å². The predicted octanol–water partition coefficient (Wildman–Crippen LogP) is 4.56. The maximum Gasteiger partial charge on any atom is 0.225 e. The van der Waals surface area contributed by atoms with Crippen molar-refractivity contribution in [1.29, 1.82) is 0 Å².